The average Bonchev–Trinajstić information content (AvgIpc) is 3.32. The van der Waals surface area contributed by atoms with Crippen LogP contribution in [-0.4, -0.2) is 41.8 Å². The van der Waals surface area contributed by atoms with Gasteiger partial charge < -0.3 is 20.0 Å². The molecule has 1 saturated heterocycles. The Balaban J connectivity index is 1.77. The van der Waals surface area contributed by atoms with E-state index in [9.17, 15) is 14.4 Å². The minimum absolute atomic E-state index is 0.00625. The molecular weight excluding hydrogens is 382 g/mol. The quantitative estimate of drug-likeness (QED) is 0.727. The first kappa shape index (κ1) is 21.6. The second-order valence-corrected chi connectivity index (χ2v) is 7.70. The van der Waals surface area contributed by atoms with Gasteiger partial charge in [-0.05, 0) is 49.4 Å². The molecule has 3 rings (SSSR count). The molecule has 3 amide bonds. The monoisotopic (exact) mass is 411 g/mol. The number of piperidine rings is 1. The number of carbonyl (C=O) groups is 3. The van der Waals surface area contributed by atoms with Crippen molar-refractivity contribution in [3.63, 3.8) is 0 Å². The van der Waals surface area contributed by atoms with Crippen molar-refractivity contribution >= 4 is 23.4 Å². The third-order valence-corrected chi connectivity index (χ3v) is 5.60. The first-order valence-electron chi connectivity index (χ1n) is 10.5. The van der Waals surface area contributed by atoms with Gasteiger partial charge in [-0.15, -0.1) is 0 Å². The lowest BCUT2D eigenvalue weighted by Crippen LogP contribution is -2.52. The third-order valence-electron chi connectivity index (χ3n) is 5.60. The zero-order valence-electron chi connectivity index (χ0n) is 17.5. The predicted molar refractivity (Wildman–Crippen MR) is 114 cm³/mol. The van der Waals surface area contributed by atoms with Gasteiger partial charge in [-0.1, -0.05) is 32.4 Å². The van der Waals surface area contributed by atoms with Gasteiger partial charge in [0, 0.05) is 13.1 Å². The molecule has 160 valence electrons. The Bertz CT molecular complexity index is 872. The summed E-state index contributed by atoms with van der Waals surface area (Å²) < 4.78 is 5.11. The Labute approximate surface area is 176 Å². The van der Waals surface area contributed by atoms with Crippen LogP contribution in [0.3, 0.4) is 0 Å². The van der Waals surface area contributed by atoms with Crippen molar-refractivity contribution in [2.75, 3.05) is 18.4 Å². The van der Waals surface area contributed by atoms with Crippen LogP contribution in [-0.2, 0) is 4.79 Å². The fraction of sp³-hybridized carbons (Fsp3) is 0.435. The number of amides is 3. The largest absolute Gasteiger partial charge is 0.459 e. The number of carbonyl (C=O) groups excluding carboxylic acids is 3. The van der Waals surface area contributed by atoms with E-state index in [0.717, 1.165) is 38.8 Å². The molecule has 0 bridgehead atoms. The molecule has 0 radical (unpaired) electrons. The van der Waals surface area contributed by atoms with Gasteiger partial charge in [0.1, 0.15) is 6.04 Å². The fourth-order valence-corrected chi connectivity index (χ4v) is 3.59. The standard InChI is InChI=1S/C23H29N3O4/c1-3-16(2)20(23(29)26-13-7-4-8-14-26)25-21(27)17-10-5-6-11-18(17)24-22(28)19-12-9-15-30-19/h5-6,9-12,15-16,20H,3-4,7-8,13-14H2,1-2H3,(H,24,28)(H,25,27). The second kappa shape index (κ2) is 10.1. The van der Waals surface area contributed by atoms with E-state index < -0.39 is 11.9 Å². The Hall–Kier alpha value is -3.09. The third kappa shape index (κ3) is 5.09. The lowest BCUT2D eigenvalue weighted by molar-refractivity contribution is -0.135. The SMILES string of the molecule is CCC(C)C(NC(=O)c1ccccc1NC(=O)c1ccco1)C(=O)N1CCCCC1. The summed E-state index contributed by atoms with van der Waals surface area (Å²) in [4.78, 5) is 40.4. The van der Waals surface area contributed by atoms with Crippen molar-refractivity contribution in [1.29, 1.82) is 0 Å². The Kier molecular flexibility index (Phi) is 7.27. The molecule has 1 aromatic heterocycles. The fourth-order valence-electron chi connectivity index (χ4n) is 3.59. The number of furan rings is 1. The predicted octanol–water partition coefficient (Wildman–Crippen LogP) is 3.69. The highest BCUT2D eigenvalue weighted by molar-refractivity contribution is 6.08. The molecule has 0 saturated carbocycles. The van der Waals surface area contributed by atoms with E-state index in [-0.39, 0.29) is 23.5 Å². The number of rotatable bonds is 7. The van der Waals surface area contributed by atoms with Crippen molar-refractivity contribution in [1.82, 2.24) is 10.2 Å². The van der Waals surface area contributed by atoms with Crippen molar-refractivity contribution in [3.8, 4) is 0 Å². The lowest BCUT2D eigenvalue weighted by Gasteiger charge is -2.33. The summed E-state index contributed by atoms with van der Waals surface area (Å²) in [6, 6.07) is 9.31. The highest BCUT2D eigenvalue weighted by Gasteiger charge is 2.31. The van der Waals surface area contributed by atoms with Crippen LogP contribution in [0.1, 0.15) is 60.4 Å². The number of benzene rings is 1. The number of para-hydroxylation sites is 1. The van der Waals surface area contributed by atoms with E-state index in [2.05, 4.69) is 10.6 Å². The maximum atomic E-state index is 13.1. The molecular formula is C23H29N3O4. The van der Waals surface area contributed by atoms with E-state index in [1.807, 2.05) is 18.7 Å². The smallest absolute Gasteiger partial charge is 0.291 e. The summed E-state index contributed by atoms with van der Waals surface area (Å²) in [7, 11) is 0. The summed E-state index contributed by atoms with van der Waals surface area (Å²) in [5.41, 5.74) is 0.668. The molecule has 7 heteroatoms. The molecule has 2 atom stereocenters. The van der Waals surface area contributed by atoms with E-state index in [1.54, 1.807) is 36.4 Å². The summed E-state index contributed by atoms with van der Waals surface area (Å²) in [5.74, 6) is -0.713. The molecule has 30 heavy (non-hydrogen) atoms. The Morgan fingerprint density at radius 3 is 2.43 bits per heavy atom. The van der Waals surface area contributed by atoms with Crippen LogP contribution in [0.4, 0.5) is 5.69 Å². The molecule has 2 heterocycles. The number of anilines is 1. The highest BCUT2D eigenvalue weighted by atomic mass is 16.3. The summed E-state index contributed by atoms with van der Waals surface area (Å²) in [5, 5.41) is 5.64. The molecule has 1 fully saturated rings. The Morgan fingerprint density at radius 1 is 1.03 bits per heavy atom. The zero-order chi connectivity index (χ0) is 21.5. The molecule has 0 aliphatic carbocycles. The lowest BCUT2D eigenvalue weighted by atomic mass is 9.96. The van der Waals surface area contributed by atoms with Gasteiger partial charge >= 0.3 is 0 Å². The van der Waals surface area contributed by atoms with E-state index in [1.165, 1.54) is 6.26 Å². The van der Waals surface area contributed by atoms with Crippen LogP contribution in [0.2, 0.25) is 0 Å². The molecule has 1 aromatic carbocycles. The van der Waals surface area contributed by atoms with Crippen LogP contribution < -0.4 is 10.6 Å². The summed E-state index contributed by atoms with van der Waals surface area (Å²) >= 11 is 0. The van der Waals surface area contributed by atoms with E-state index in [0.29, 0.717) is 11.3 Å². The topological polar surface area (TPSA) is 91.6 Å². The number of likely N-dealkylation sites (tertiary alicyclic amines) is 1. The van der Waals surface area contributed by atoms with Gasteiger partial charge in [-0.25, -0.2) is 0 Å². The maximum Gasteiger partial charge on any atom is 0.291 e. The minimum atomic E-state index is -0.602. The first-order chi connectivity index (χ1) is 14.5. The molecule has 2 aromatic rings. The highest BCUT2D eigenvalue weighted by Crippen LogP contribution is 2.20. The van der Waals surface area contributed by atoms with E-state index in [4.69, 9.17) is 4.42 Å². The summed E-state index contributed by atoms with van der Waals surface area (Å²) in [6.07, 6.45) is 5.30. The molecule has 7 nitrogen and oxygen atoms in total. The van der Waals surface area contributed by atoms with Gasteiger partial charge in [0.05, 0.1) is 17.5 Å². The number of nitrogens with one attached hydrogen (secondary N) is 2. The normalized spacial score (nSPS) is 15.9. The molecule has 2 unspecified atom stereocenters. The van der Waals surface area contributed by atoms with Crippen LogP contribution in [0.5, 0.6) is 0 Å². The van der Waals surface area contributed by atoms with Crippen LogP contribution in [0.25, 0.3) is 0 Å². The van der Waals surface area contributed by atoms with Crippen molar-refractivity contribution < 1.29 is 18.8 Å². The zero-order valence-corrected chi connectivity index (χ0v) is 17.5. The average molecular weight is 412 g/mol. The van der Waals surface area contributed by atoms with Gasteiger partial charge in [0.2, 0.25) is 5.91 Å². The van der Waals surface area contributed by atoms with Crippen LogP contribution in [0.15, 0.2) is 47.1 Å². The van der Waals surface area contributed by atoms with Crippen LogP contribution >= 0.6 is 0 Å². The van der Waals surface area contributed by atoms with Gasteiger partial charge in [0.25, 0.3) is 11.8 Å². The number of hydrogen-bond acceptors (Lipinski definition) is 4. The summed E-state index contributed by atoms with van der Waals surface area (Å²) in [6.45, 7) is 5.44. The van der Waals surface area contributed by atoms with Gasteiger partial charge in [-0.2, -0.15) is 0 Å². The Morgan fingerprint density at radius 2 is 1.77 bits per heavy atom. The minimum Gasteiger partial charge on any atom is -0.459 e. The van der Waals surface area contributed by atoms with Gasteiger partial charge in [-0.3, -0.25) is 14.4 Å². The number of hydrogen-bond donors (Lipinski definition) is 2. The maximum absolute atomic E-state index is 13.1. The van der Waals surface area contributed by atoms with E-state index >= 15 is 0 Å². The van der Waals surface area contributed by atoms with Crippen molar-refractivity contribution in [2.45, 2.75) is 45.6 Å². The van der Waals surface area contributed by atoms with Crippen molar-refractivity contribution in [3.05, 3.63) is 54.0 Å². The molecule has 1 aliphatic rings. The van der Waals surface area contributed by atoms with Crippen LogP contribution in [0, 0.1) is 5.92 Å². The molecule has 0 spiro atoms. The molecule has 1 aliphatic heterocycles. The molecule has 2 N–H and O–H groups in total. The van der Waals surface area contributed by atoms with Gasteiger partial charge in [0.15, 0.2) is 5.76 Å². The van der Waals surface area contributed by atoms with Crippen molar-refractivity contribution in [2.24, 2.45) is 5.92 Å². The second-order valence-electron chi connectivity index (χ2n) is 7.70. The first-order valence-corrected chi connectivity index (χ1v) is 10.5. The number of nitrogens with zero attached hydrogens (tertiary/aromatic N) is 1.